The fourth-order valence-corrected chi connectivity index (χ4v) is 3.64. The molecule has 178 valence electrons. The predicted molar refractivity (Wildman–Crippen MR) is 127 cm³/mol. The second-order valence-electron chi connectivity index (χ2n) is 8.25. The van der Waals surface area contributed by atoms with Crippen LogP contribution < -0.4 is 16.4 Å². The molecule has 0 saturated carbocycles. The zero-order valence-corrected chi connectivity index (χ0v) is 19.2. The van der Waals surface area contributed by atoms with Gasteiger partial charge in [-0.3, -0.25) is 9.59 Å². The van der Waals surface area contributed by atoms with Crippen molar-refractivity contribution in [1.29, 1.82) is 0 Å². The molecule has 3 atom stereocenters. The Hall–Kier alpha value is -4.14. The lowest BCUT2D eigenvalue weighted by Crippen LogP contribution is -2.62. The molecule has 0 spiro atoms. The van der Waals surface area contributed by atoms with Crippen LogP contribution in [0.15, 0.2) is 73.2 Å². The van der Waals surface area contributed by atoms with Gasteiger partial charge in [-0.25, -0.2) is 9.78 Å². The molecule has 9 heteroatoms. The van der Waals surface area contributed by atoms with E-state index in [1.165, 1.54) is 19.4 Å². The molecule has 0 fully saturated rings. The average molecular weight is 464 g/mol. The van der Waals surface area contributed by atoms with Crippen molar-refractivity contribution in [1.82, 2.24) is 20.6 Å². The van der Waals surface area contributed by atoms with E-state index in [-0.39, 0.29) is 12.5 Å². The van der Waals surface area contributed by atoms with Crippen LogP contribution >= 0.6 is 0 Å². The van der Waals surface area contributed by atoms with Crippen LogP contribution in [0.5, 0.6) is 0 Å². The summed E-state index contributed by atoms with van der Waals surface area (Å²) < 4.78 is 5.26. The van der Waals surface area contributed by atoms with E-state index in [4.69, 9.17) is 10.5 Å². The van der Waals surface area contributed by atoms with Crippen molar-refractivity contribution in [3.05, 3.63) is 90.0 Å². The molecule has 3 rings (SSSR count). The number of nitrogens with zero attached hydrogens (tertiary/aromatic N) is 1. The normalized spacial score (nSPS) is 14.3. The number of nitrogens with two attached hydrogens (primary N) is 1. The van der Waals surface area contributed by atoms with E-state index in [0.29, 0.717) is 12.2 Å². The molecular formula is C25H29N5O4. The molecule has 2 aromatic carbocycles. The van der Waals surface area contributed by atoms with Crippen LogP contribution in [0.1, 0.15) is 42.5 Å². The SMILES string of the molecule is CC(CNC(=O)C(c1cnc[nH]1)C(C)(NC(=O)OCc1ccccc1)C(N)=O)c1ccccc1. The van der Waals surface area contributed by atoms with Crippen LogP contribution in [-0.2, 0) is 20.9 Å². The largest absolute Gasteiger partial charge is 0.445 e. The van der Waals surface area contributed by atoms with Gasteiger partial charge in [0.05, 0.1) is 6.33 Å². The fraction of sp³-hybridized carbons (Fsp3) is 0.280. The zero-order valence-electron chi connectivity index (χ0n) is 19.2. The third-order valence-electron chi connectivity index (χ3n) is 5.71. The summed E-state index contributed by atoms with van der Waals surface area (Å²) in [7, 11) is 0. The quantitative estimate of drug-likeness (QED) is 0.366. The van der Waals surface area contributed by atoms with Gasteiger partial charge in [0.15, 0.2) is 0 Å². The van der Waals surface area contributed by atoms with Crippen molar-refractivity contribution in [2.75, 3.05) is 6.54 Å². The minimum Gasteiger partial charge on any atom is -0.445 e. The summed E-state index contributed by atoms with van der Waals surface area (Å²) in [4.78, 5) is 45.3. The number of alkyl carbamates (subject to hydrolysis) is 1. The second kappa shape index (κ2) is 11.1. The number of H-pyrrole nitrogens is 1. The van der Waals surface area contributed by atoms with Crippen molar-refractivity contribution in [2.45, 2.75) is 37.8 Å². The van der Waals surface area contributed by atoms with Gasteiger partial charge < -0.3 is 26.1 Å². The van der Waals surface area contributed by atoms with Gasteiger partial charge in [-0.15, -0.1) is 0 Å². The molecule has 0 aliphatic rings. The van der Waals surface area contributed by atoms with Gasteiger partial charge in [0, 0.05) is 18.4 Å². The van der Waals surface area contributed by atoms with Crippen LogP contribution in [0.4, 0.5) is 4.79 Å². The van der Waals surface area contributed by atoms with E-state index in [9.17, 15) is 14.4 Å². The smallest absolute Gasteiger partial charge is 0.408 e. The van der Waals surface area contributed by atoms with Gasteiger partial charge in [-0.1, -0.05) is 67.6 Å². The number of ether oxygens (including phenoxy) is 1. The molecule has 3 amide bonds. The highest BCUT2D eigenvalue weighted by Crippen LogP contribution is 2.28. The Morgan fingerprint density at radius 2 is 1.74 bits per heavy atom. The Balaban J connectivity index is 1.76. The summed E-state index contributed by atoms with van der Waals surface area (Å²) in [5.41, 5.74) is 6.06. The van der Waals surface area contributed by atoms with E-state index in [1.54, 1.807) is 12.1 Å². The lowest BCUT2D eigenvalue weighted by Gasteiger charge is -2.34. The predicted octanol–water partition coefficient (Wildman–Crippen LogP) is 2.58. The van der Waals surface area contributed by atoms with Crippen LogP contribution in [0, 0.1) is 0 Å². The molecule has 3 aromatic rings. The standard InChI is InChI=1S/C25H29N5O4/c1-17(19-11-7-4-8-12-19)13-28-22(31)21(20-14-27-16-29-20)25(2,23(26)32)30-24(33)34-15-18-9-5-3-6-10-18/h3-12,14,16-17,21H,13,15H2,1-2H3,(H2,26,32)(H,27,29)(H,28,31)(H,30,33). The number of nitrogens with one attached hydrogen (secondary N) is 3. The topological polar surface area (TPSA) is 139 Å². The van der Waals surface area contributed by atoms with Gasteiger partial charge >= 0.3 is 6.09 Å². The minimum absolute atomic E-state index is 0.00295. The Kier molecular flexibility index (Phi) is 8.02. The Bertz CT molecular complexity index is 1090. The summed E-state index contributed by atoms with van der Waals surface area (Å²) in [6, 6.07) is 18.8. The number of amides is 3. The zero-order chi connectivity index (χ0) is 24.6. The van der Waals surface area contributed by atoms with Gasteiger partial charge in [-0.2, -0.15) is 0 Å². The maximum Gasteiger partial charge on any atom is 0.408 e. The molecule has 0 aliphatic carbocycles. The molecule has 9 nitrogen and oxygen atoms in total. The summed E-state index contributed by atoms with van der Waals surface area (Å²) in [5, 5.41) is 5.38. The number of carbonyl (C=O) groups excluding carboxylic acids is 3. The van der Waals surface area contributed by atoms with Crippen molar-refractivity contribution in [3.63, 3.8) is 0 Å². The number of aromatic amines is 1. The van der Waals surface area contributed by atoms with Crippen molar-refractivity contribution < 1.29 is 19.1 Å². The first kappa shape index (κ1) is 24.5. The number of benzene rings is 2. The third kappa shape index (κ3) is 6.00. The Labute approximate surface area is 198 Å². The van der Waals surface area contributed by atoms with Crippen LogP contribution in [0.2, 0.25) is 0 Å². The minimum atomic E-state index is -1.79. The molecule has 0 aliphatic heterocycles. The molecule has 0 saturated heterocycles. The van der Waals surface area contributed by atoms with Gasteiger partial charge in [-0.05, 0) is 24.0 Å². The summed E-state index contributed by atoms with van der Waals surface area (Å²) in [5.74, 6) is -2.53. The van der Waals surface area contributed by atoms with E-state index in [1.807, 2.05) is 55.5 Å². The van der Waals surface area contributed by atoms with Crippen LogP contribution in [0.25, 0.3) is 0 Å². The van der Waals surface area contributed by atoms with Crippen LogP contribution in [-0.4, -0.2) is 40.0 Å². The third-order valence-corrected chi connectivity index (χ3v) is 5.71. The molecule has 3 unspecified atom stereocenters. The molecule has 5 N–H and O–H groups in total. The van der Waals surface area contributed by atoms with Gasteiger partial charge in [0.2, 0.25) is 11.8 Å². The highest BCUT2D eigenvalue weighted by molar-refractivity contribution is 5.97. The fourth-order valence-electron chi connectivity index (χ4n) is 3.64. The molecule has 0 bridgehead atoms. The number of rotatable bonds is 10. The second-order valence-corrected chi connectivity index (χ2v) is 8.25. The van der Waals surface area contributed by atoms with E-state index in [0.717, 1.165) is 11.1 Å². The first-order valence-electron chi connectivity index (χ1n) is 10.9. The molecule has 34 heavy (non-hydrogen) atoms. The lowest BCUT2D eigenvalue weighted by molar-refractivity contribution is -0.132. The first-order chi connectivity index (χ1) is 16.3. The molecule has 1 heterocycles. The van der Waals surface area contributed by atoms with E-state index >= 15 is 0 Å². The molecule has 1 aromatic heterocycles. The number of imidazole rings is 1. The number of aromatic nitrogens is 2. The lowest BCUT2D eigenvalue weighted by atomic mass is 9.81. The maximum atomic E-state index is 13.3. The summed E-state index contributed by atoms with van der Waals surface area (Å²) in [6.07, 6.45) is 1.93. The summed E-state index contributed by atoms with van der Waals surface area (Å²) in [6.45, 7) is 3.69. The average Bonchev–Trinajstić information content (AvgIpc) is 3.36. The number of primary amides is 1. The number of carbonyl (C=O) groups is 3. The summed E-state index contributed by atoms with van der Waals surface area (Å²) >= 11 is 0. The van der Waals surface area contributed by atoms with Crippen molar-refractivity contribution in [3.8, 4) is 0 Å². The monoisotopic (exact) mass is 463 g/mol. The Morgan fingerprint density at radius 3 is 2.32 bits per heavy atom. The first-order valence-corrected chi connectivity index (χ1v) is 10.9. The number of hydrogen-bond donors (Lipinski definition) is 4. The Morgan fingerprint density at radius 1 is 1.09 bits per heavy atom. The van der Waals surface area contributed by atoms with Crippen LogP contribution in [0.3, 0.4) is 0 Å². The number of hydrogen-bond acceptors (Lipinski definition) is 5. The van der Waals surface area contributed by atoms with Crippen molar-refractivity contribution >= 4 is 17.9 Å². The highest BCUT2D eigenvalue weighted by Gasteiger charge is 2.47. The van der Waals surface area contributed by atoms with E-state index in [2.05, 4.69) is 20.6 Å². The van der Waals surface area contributed by atoms with Crippen molar-refractivity contribution in [2.24, 2.45) is 5.73 Å². The molecular weight excluding hydrogens is 434 g/mol. The molecule has 0 radical (unpaired) electrons. The van der Waals surface area contributed by atoms with Gasteiger partial charge in [0.25, 0.3) is 0 Å². The van der Waals surface area contributed by atoms with Gasteiger partial charge in [0.1, 0.15) is 18.1 Å². The van der Waals surface area contributed by atoms with E-state index < -0.39 is 29.4 Å². The highest BCUT2D eigenvalue weighted by atomic mass is 16.5. The maximum absolute atomic E-state index is 13.3.